The molecule has 0 aliphatic carbocycles. The summed E-state index contributed by atoms with van der Waals surface area (Å²) in [7, 11) is 0. The summed E-state index contributed by atoms with van der Waals surface area (Å²) in [5, 5.41) is 0. The smallest absolute Gasteiger partial charge is 0.410 e. The molecule has 0 saturated carbocycles. The van der Waals surface area contributed by atoms with Crippen LogP contribution < -0.4 is 5.73 Å². The number of carbonyl (C=O) groups excluding carboxylic acids is 2. The summed E-state index contributed by atoms with van der Waals surface area (Å²) in [6, 6.07) is 17.1. The fourth-order valence-electron chi connectivity index (χ4n) is 4.30. The molecule has 2 aromatic rings. The first kappa shape index (κ1) is 19.3. The summed E-state index contributed by atoms with van der Waals surface area (Å²) in [4.78, 5) is 28.9. The molecule has 2 aliphatic heterocycles. The molecule has 2 N–H and O–H groups in total. The van der Waals surface area contributed by atoms with Gasteiger partial charge in [0.25, 0.3) is 0 Å². The van der Waals surface area contributed by atoms with Gasteiger partial charge >= 0.3 is 6.09 Å². The maximum absolute atomic E-state index is 12.7. The van der Waals surface area contributed by atoms with Crippen LogP contribution in [0.1, 0.15) is 24.0 Å². The van der Waals surface area contributed by atoms with E-state index in [0.29, 0.717) is 31.7 Å². The Kier molecular flexibility index (Phi) is 5.43. The highest BCUT2D eigenvalue weighted by atomic mass is 16.6. The molecule has 6 heteroatoms. The second kappa shape index (κ2) is 8.15. The van der Waals surface area contributed by atoms with Crippen LogP contribution in [0.5, 0.6) is 0 Å². The second-order valence-electron chi connectivity index (χ2n) is 8.20. The minimum atomic E-state index is -0.266. The van der Waals surface area contributed by atoms with E-state index in [9.17, 15) is 9.59 Å². The molecule has 0 aromatic heterocycles. The van der Waals surface area contributed by atoms with Crippen LogP contribution in [0, 0.1) is 5.41 Å². The number of benzene rings is 2. The molecule has 2 aliphatic rings. The van der Waals surface area contributed by atoms with Gasteiger partial charge in [0.2, 0.25) is 5.91 Å². The van der Waals surface area contributed by atoms with Gasteiger partial charge in [-0.25, -0.2) is 4.79 Å². The molecule has 4 rings (SSSR count). The van der Waals surface area contributed by atoms with E-state index in [4.69, 9.17) is 10.5 Å². The Morgan fingerprint density at radius 1 is 0.897 bits per heavy atom. The molecule has 1 atom stereocenters. The lowest BCUT2D eigenvalue weighted by Crippen LogP contribution is -2.36. The molecule has 1 spiro atoms. The van der Waals surface area contributed by atoms with Crippen LogP contribution in [0.15, 0.2) is 54.6 Å². The molecule has 0 bridgehead atoms. The third kappa shape index (κ3) is 4.53. The van der Waals surface area contributed by atoms with E-state index in [-0.39, 0.29) is 24.0 Å². The van der Waals surface area contributed by atoms with Crippen LogP contribution in [-0.2, 0) is 22.6 Å². The highest BCUT2D eigenvalue weighted by Crippen LogP contribution is 2.39. The van der Waals surface area contributed by atoms with E-state index in [1.807, 2.05) is 59.5 Å². The van der Waals surface area contributed by atoms with Crippen molar-refractivity contribution in [2.75, 3.05) is 31.9 Å². The van der Waals surface area contributed by atoms with Crippen LogP contribution in [0.3, 0.4) is 0 Å². The Labute approximate surface area is 171 Å². The van der Waals surface area contributed by atoms with Crippen LogP contribution in [-0.4, -0.2) is 48.0 Å². The summed E-state index contributed by atoms with van der Waals surface area (Å²) in [6.45, 7) is 3.10. The van der Waals surface area contributed by atoms with Gasteiger partial charge in [0.05, 0.1) is 6.42 Å². The SMILES string of the molecule is Nc1ccc(CC(=O)N2CCC3(CCN(C(=O)OCc4ccccc4)C3)C2)cc1. The molecule has 6 nitrogen and oxygen atoms in total. The van der Waals surface area contributed by atoms with Gasteiger partial charge < -0.3 is 20.3 Å². The number of nitrogens with zero attached hydrogens (tertiary/aromatic N) is 2. The molecule has 2 saturated heterocycles. The minimum absolute atomic E-state index is 0.00252. The molecule has 2 fully saturated rings. The highest BCUT2D eigenvalue weighted by Gasteiger charge is 2.46. The van der Waals surface area contributed by atoms with Crippen molar-refractivity contribution in [2.45, 2.75) is 25.9 Å². The molecule has 152 valence electrons. The monoisotopic (exact) mass is 393 g/mol. The maximum Gasteiger partial charge on any atom is 0.410 e. The van der Waals surface area contributed by atoms with E-state index in [1.165, 1.54) is 0 Å². The number of nitrogen functional groups attached to an aromatic ring is 1. The Morgan fingerprint density at radius 2 is 1.55 bits per heavy atom. The summed E-state index contributed by atoms with van der Waals surface area (Å²) in [5.41, 5.74) is 8.37. The van der Waals surface area contributed by atoms with Crippen molar-refractivity contribution in [1.29, 1.82) is 0 Å². The largest absolute Gasteiger partial charge is 0.445 e. The van der Waals surface area contributed by atoms with E-state index < -0.39 is 0 Å². The van der Waals surface area contributed by atoms with E-state index in [2.05, 4.69) is 0 Å². The predicted octanol–water partition coefficient (Wildman–Crippen LogP) is 3.07. The van der Waals surface area contributed by atoms with Crippen molar-refractivity contribution in [1.82, 2.24) is 9.80 Å². The third-order valence-corrected chi connectivity index (χ3v) is 6.03. The quantitative estimate of drug-likeness (QED) is 0.810. The normalized spacial score (nSPS) is 21.0. The molecule has 2 heterocycles. The van der Waals surface area contributed by atoms with Gasteiger partial charge in [-0.05, 0) is 36.1 Å². The van der Waals surface area contributed by atoms with Gasteiger partial charge in [0, 0.05) is 37.3 Å². The first-order valence-electron chi connectivity index (χ1n) is 10.1. The molecule has 29 heavy (non-hydrogen) atoms. The van der Waals surface area contributed by atoms with Crippen LogP contribution in [0.25, 0.3) is 0 Å². The Hall–Kier alpha value is -3.02. The van der Waals surface area contributed by atoms with Crippen molar-refractivity contribution >= 4 is 17.7 Å². The summed E-state index contributed by atoms with van der Waals surface area (Å²) < 4.78 is 5.47. The van der Waals surface area contributed by atoms with Crippen molar-refractivity contribution in [3.63, 3.8) is 0 Å². The summed E-state index contributed by atoms with van der Waals surface area (Å²) in [6.07, 6.45) is 1.97. The first-order valence-corrected chi connectivity index (χ1v) is 10.1. The number of ether oxygens (including phenoxy) is 1. The Bertz CT molecular complexity index is 869. The summed E-state index contributed by atoms with van der Waals surface area (Å²) in [5.74, 6) is 0.136. The van der Waals surface area contributed by atoms with Crippen LogP contribution >= 0.6 is 0 Å². The number of rotatable bonds is 4. The third-order valence-electron chi connectivity index (χ3n) is 6.03. The Morgan fingerprint density at radius 3 is 2.28 bits per heavy atom. The van der Waals surface area contributed by atoms with Crippen LogP contribution in [0.4, 0.5) is 10.5 Å². The lowest BCUT2D eigenvalue weighted by atomic mass is 9.86. The lowest BCUT2D eigenvalue weighted by molar-refractivity contribution is -0.129. The fourth-order valence-corrected chi connectivity index (χ4v) is 4.30. The first-order chi connectivity index (χ1) is 14.0. The van der Waals surface area contributed by atoms with Crippen molar-refractivity contribution in [3.8, 4) is 0 Å². The zero-order chi connectivity index (χ0) is 20.3. The van der Waals surface area contributed by atoms with Crippen molar-refractivity contribution in [2.24, 2.45) is 5.41 Å². The van der Waals surface area contributed by atoms with Crippen molar-refractivity contribution < 1.29 is 14.3 Å². The van der Waals surface area contributed by atoms with Gasteiger partial charge in [-0.3, -0.25) is 4.79 Å². The lowest BCUT2D eigenvalue weighted by Gasteiger charge is -2.24. The number of hydrogen-bond acceptors (Lipinski definition) is 4. The Balaban J connectivity index is 1.28. The molecule has 2 aromatic carbocycles. The van der Waals surface area contributed by atoms with Gasteiger partial charge in [0.1, 0.15) is 6.61 Å². The molecule has 0 radical (unpaired) electrons. The van der Waals surface area contributed by atoms with Crippen molar-refractivity contribution in [3.05, 3.63) is 65.7 Å². The number of hydrogen-bond donors (Lipinski definition) is 1. The van der Waals surface area contributed by atoms with Gasteiger partial charge in [-0.1, -0.05) is 42.5 Å². The predicted molar refractivity (Wildman–Crippen MR) is 111 cm³/mol. The number of carbonyl (C=O) groups is 2. The second-order valence-corrected chi connectivity index (χ2v) is 8.20. The standard InChI is InChI=1S/C23H27N3O3/c24-20-8-6-18(7-9-20)14-21(27)25-12-10-23(16-25)11-13-26(17-23)22(28)29-15-19-4-2-1-3-5-19/h1-9H,10-17,24H2. The van der Waals surface area contributed by atoms with E-state index >= 15 is 0 Å². The maximum atomic E-state index is 12.7. The van der Waals surface area contributed by atoms with Gasteiger partial charge in [-0.2, -0.15) is 0 Å². The zero-order valence-electron chi connectivity index (χ0n) is 16.5. The number of amides is 2. The molecular formula is C23H27N3O3. The molecular weight excluding hydrogens is 366 g/mol. The molecule has 1 unspecified atom stereocenters. The average molecular weight is 393 g/mol. The topological polar surface area (TPSA) is 75.9 Å². The highest BCUT2D eigenvalue weighted by molar-refractivity contribution is 5.79. The number of anilines is 1. The van der Waals surface area contributed by atoms with E-state index in [0.717, 1.165) is 30.5 Å². The number of nitrogens with two attached hydrogens (primary N) is 1. The summed E-state index contributed by atoms with van der Waals surface area (Å²) >= 11 is 0. The minimum Gasteiger partial charge on any atom is -0.445 e. The van der Waals surface area contributed by atoms with E-state index in [1.54, 1.807) is 4.90 Å². The molecule has 2 amide bonds. The number of likely N-dealkylation sites (tertiary alicyclic amines) is 2. The van der Waals surface area contributed by atoms with Gasteiger partial charge in [0.15, 0.2) is 0 Å². The van der Waals surface area contributed by atoms with Crippen LogP contribution in [0.2, 0.25) is 0 Å². The van der Waals surface area contributed by atoms with Gasteiger partial charge in [-0.15, -0.1) is 0 Å². The fraction of sp³-hybridized carbons (Fsp3) is 0.391. The zero-order valence-corrected chi connectivity index (χ0v) is 16.5. The average Bonchev–Trinajstić information content (AvgIpc) is 3.36.